The summed E-state index contributed by atoms with van der Waals surface area (Å²) in [4.78, 5) is 0. The Kier molecular flexibility index (Phi) is 28.5. The van der Waals surface area contributed by atoms with Crippen molar-refractivity contribution in [2.45, 2.75) is 0 Å². The molecule has 4 N–H and O–H groups in total. The van der Waals surface area contributed by atoms with Crippen molar-refractivity contribution in [3.63, 3.8) is 0 Å². The summed E-state index contributed by atoms with van der Waals surface area (Å²) in [6.45, 7) is 0. The van der Waals surface area contributed by atoms with E-state index in [2.05, 4.69) is 11.2 Å². The normalized spacial score (nSPS) is 7.25. The molecular formula is H7CaKO4S2. The molecule has 4 nitrogen and oxygen atoms in total. The predicted molar refractivity (Wildman–Crippen MR) is 33.5 cm³/mol. The maximum atomic E-state index is 9.11. The van der Waals surface area contributed by atoms with Crippen LogP contribution in [0.1, 0.15) is 4.28 Å². The quantitative estimate of drug-likeness (QED) is 0.400. The first-order valence-electron chi connectivity index (χ1n) is 0.698. The number of hydrogen-bond acceptors (Lipinski definition) is 2. The zero-order chi connectivity index (χ0) is 4.50. The largest absolute Gasteiger partial charge is 2.00 e. The van der Waals surface area contributed by atoms with E-state index in [4.69, 9.17) is 13.3 Å². The summed E-state index contributed by atoms with van der Waals surface area (Å²) in [6, 6.07) is 0. The van der Waals surface area contributed by atoms with E-state index in [0.29, 0.717) is 0 Å². The molecule has 0 aromatic heterocycles. The monoisotopic (exact) mass is 214 g/mol. The van der Waals surface area contributed by atoms with E-state index in [9.17, 15) is 0 Å². The smallest absolute Gasteiger partial charge is 1.00 e. The van der Waals surface area contributed by atoms with E-state index in [-0.39, 0.29) is 98.9 Å². The molecule has 0 bridgehead atoms. The second-order valence-corrected chi connectivity index (χ2v) is 2.65. The molecule has 8 heteroatoms. The fourth-order valence-corrected chi connectivity index (χ4v) is 0. The van der Waals surface area contributed by atoms with Crippen molar-refractivity contribution in [2.24, 2.45) is 0 Å². The van der Waals surface area contributed by atoms with Gasteiger partial charge in [-0.25, -0.2) is 0 Å². The van der Waals surface area contributed by atoms with E-state index in [1.54, 1.807) is 0 Å². The van der Waals surface area contributed by atoms with Crippen LogP contribution in [0.25, 0.3) is 0 Å². The second-order valence-electron chi connectivity index (χ2n) is 0.448. The molecule has 0 aromatic rings. The minimum absolute atomic E-state index is 0. The molecule has 0 rings (SSSR count). The van der Waals surface area contributed by atoms with Gasteiger partial charge in [0.05, 0.1) is 0 Å². The second kappa shape index (κ2) is 10.1. The molecule has 0 aliphatic rings. The van der Waals surface area contributed by atoms with Gasteiger partial charge >= 0.3 is 89.1 Å². The van der Waals surface area contributed by atoms with Gasteiger partial charge in [0, 0.05) is 11.2 Å². The summed E-state index contributed by atoms with van der Waals surface area (Å²) >= 11 is 3.47. The first-order valence-corrected chi connectivity index (χ1v) is 3.10. The van der Waals surface area contributed by atoms with Crippen LogP contribution in [0.2, 0.25) is 0 Å². The summed E-state index contributed by atoms with van der Waals surface area (Å²) in [5, 5.41) is 0. The average molecular weight is 214 g/mol. The zero-order valence-corrected chi connectivity index (χ0v) is 11.3. The predicted octanol–water partition coefficient (Wildman–Crippen LogP) is -4.19. The van der Waals surface area contributed by atoms with Crippen LogP contribution < -0.4 is 51.4 Å². The third kappa shape index (κ3) is 61.3. The topological polar surface area (TPSA) is 89.0 Å². The summed E-state index contributed by atoms with van der Waals surface area (Å²) in [7, 11) is -3.83. The molecule has 0 aliphatic carbocycles. The van der Waals surface area contributed by atoms with E-state index in [0.717, 1.165) is 0 Å². The average Bonchev–Trinajstić information content (AvgIpc) is 0.722. The molecule has 0 saturated heterocycles. The minimum Gasteiger partial charge on any atom is -1.00 e. The van der Waals surface area contributed by atoms with Crippen LogP contribution in [-0.4, -0.2) is 56.5 Å². The summed E-state index contributed by atoms with van der Waals surface area (Å²) in [6.07, 6.45) is 0. The molecule has 0 radical (unpaired) electrons. The third-order valence-corrected chi connectivity index (χ3v) is 0. The van der Waals surface area contributed by atoms with Gasteiger partial charge in [0.1, 0.15) is 0 Å². The SMILES string of the molecule is O.O=S(O)(O)=S.[Ca+2].[H-].[H-].[H-].[K+]. The zero-order valence-electron chi connectivity index (χ0n) is 7.33. The summed E-state index contributed by atoms with van der Waals surface area (Å²) in [5.41, 5.74) is 0. The van der Waals surface area contributed by atoms with Gasteiger partial charge in [0.15, 0.2) is 0 Å². The number of hydrogen-bond donors (Lipinski definition) is 2. The molecule has 0 heterocycles. The molecule has 8 heavy (non-hydrogen) atoms. The van der Waals surface area contributed by atoms with Crippen LogP contribution in [0.4, 0.5) is 0 Å². The minimum atomic E-state index is -3.83. The van der Waals surface area contributed by atoms with Crippen LogP contribution in [0, 0.1) is 0 Å². The molecule has 0 fully saturated rings. The van der Waals surface area contributed by atoms with Crippen LogP contribution in [0.5, 0.6) is 0 Å². The Labute approximate surface area is 129 Å². The van der Waals surface area contributed by atoms with E-state index < -0.39 is 9.05 Å². The third-order valence-electron chi connectivity index (χ3n) is 0. The Morgan fingerprint density at radius 3 is 1.50 bits per heavy atom. The van der Waals surface area contributed by atoms with E-state index in [1.807, 2.05) is 0 Å². The Morgan fingerprint density at radius 2 is 1.50 bits per heavy atom. The molecule has 0 aliphatic heterocycles. The van der Waals surface area contributed by atoms with Gasteiger partial charge in [-0.15, -0.1) is 0 Å². The standard InChI is InChI=1S/Ca.K.H2O3S2.H2O.3H/c;;1-5(2,3)4;;;;/h;;(H2,1,2,3,4);1H2;;;/q+2;+1;;;3*-1. The Hall–Kier alpha value is 3.15. The van der Waals surface area contributed by atoms with Gasteiger partial charge in [-0.2, -0.15) is 4.21 Å². The first-order chi connectivity index (χ1) is 2.00. The van der Waals surface area contributed by atoms with E-state index >= 15 is 0 Å². The molecule has 0 atom stereocenters. The van der Waals surface area contributed by atoms with Crippen molar-refractivity contribution in [2.75, 3.05) is 0 Å². The maximum Gasteiger partial charge on any atom is 2.00 e. The number of rotatable bonds is 0. The van der Waals surface area contributed by atoms with Crippen molar-refractivity contribution >= 4 is 58.0 Å². The molecule has 0 amide bonds. The molecule has 0 saturated carbocycles. The maximum absolute atomic E-state index is 9.11. The van der Waals surface area contributed by atoms with E-state index in [1.165, 1.54) is 0 Å². The first kappa shape index (κ1) is 22.5. The van der Waals surface area contributed by atoms with Gasteiger partial charge in [-0.3, -0.25) is 9.11 Å². The van der Waals surface area contributed by atoms with Crippen LogP contribution in [-0.2, 0) is 20.2 Å². The summed E-state index contributed by atoms with van der Waals surface area (Å²) in [5.74, 6) is 0. The molecule has 0 spiro atoms. The molecular weight excluding hydrogens is 207 g/mol. The molecule has 0 unspecified atom stereocenters. The fraction of sp³-hybridized carbons (Fsp3) is 0. The van der Waals surface area contributed by atoms with Gasteiger partial charge in [0.2, 0.25) is 0 Å². The Morgan fingerprint density at radius 1 is 1.50 bits per heavy atom. The molecule has 46 valence electrons. The van der Waals surface area contributed by atoms with Crippen molar-refractivity contribution in [1.29, 1.82) is 0 Å². The molecule has 0 aromatic carbocycles. The van der Waals surface area contributed by atoms with Crippen LogP contribution in [0.3, 0.4) is 0 Å². The van der Waals surface area contributed by atoms with Gasteiger partial charge in [-0.1, -0.05) is 0 Å². The Bertz CT molecular complexity index is 107. The van der Waals surface area contributed by atoms with Crippen molar-refractivity contribution < 1.29 is 74.5 Å². The van der Waals surface area contributed by atoms with Gasteiger partial charge in [-0.05, 0) is 0 Å². The van der Waals surface area contributed by atoms with Gasteiger partial charge < -0.3 is 9.76 Å². The fourth-order valence-electron chi connectivity index (χ4n) is 0. The van der Waals surface area contributed by atoms with Gasteiger partial charge in [0.25, 0.3) is 9.05 Å². The van der Waals surface area contributed by atoms with Crippen LogP contribution >= 0.6 is 0 Å². The van der Waals surface area contributed by atoms with Crippen molar-refractivity contribution in [3.05, 3.63) is 0 Å². The Balaban J connectivity index is -0.00000000533. The summed E-state index contributed by atoms with van der Waals surface area (Å²) < 4.78 is 24.0. The van der Waals surface area contributed by atoms with Crippen molar-refractivity contribution in [1.82, 2.24) is 0 Å². The van der Waals surface area contributed by atoms with Crippen molar-refractivity contribution in [3.8, 4) is 0 Å². The van der Waals surface area contributed by atoms with Crippen LogP contribution in [0.15, 0.2) is 0 Å².